The molecular formula is C13H17FN2O3. The van der Waals surface area contributed by atoms with Gasteiger partial charge in [-0.05, 0) is 37.4 Å². The smallest absolute Gasteiger partial charge is 0.274 e. The van der Waals surface area contributed by atoms with Gasteiger partial charge >= 0.3 is 0 Å². The van der Waals surface area contributed by atoms with Gasteiger partial charge < -0.3 is 5.11 Å². The van der Waals surface area contributed by atoms with Crippen LogP contribution in [0.4, 0.5) is 10.1 Å². The molecule has 1 heterocycles. The summed E-state index contributed by atoms with van der Waals surface area (Å²) in [7, 11) is 0. The van der Waals surface area contributed by atoms with Gasteiger partial charge in [0, 0.05) is 31.3 Å². The van der Waals surface area contributed by atoms with Crippen molar-refractivity contribution in [2.45, 2.75) is 19.4 Å². The average molecular weight is 268 g/mol. The van der Waals surface area contributed by atoms with Crippen molar-refractivity contribution in [3.05, 3.63) is 39.7 Å². The standard InChI is InChI=1S/C13H17FN2O3/c14-12-1-2-13(16(18)19)11(7-12)9-15-5-3-10(8-15)4-6-17/h1-2,7,10,17H,3-6,8-9H2. The molecule has 5 nitrogen and oxygen atoms in total. The number of halogens is 1. The molecule has 1 aromatic carbocycles. The summed E-state index contributed by atoms with van der Waals surface area (Å²) in [5, 5.41) is 19.8. The molecule has 1 unspecified atom stereocenters. The Morgan fingerprint density at radius 2 is 2.32 bits per heavy atom. The van der Waals surface area contributed by atoms with Crippen LogP contribution in [0, 0.1) is 21.8 Å². The topological polar surface area (TPSA) is 66.6 Å². The van der Waals surface area contributed by atoms with E-state index in [2.05, 4.69) is 4.90 Å². The summed E-state index contributed by atoms with van der Waals surface area (Å²) in [4.78, 5) is 12.5. The molecule has 1 fully saturated rings. The van der Waals surface area contributed by atoms with Gasteiger partial charge in [-0.2, -0.15) is 0 Å². The summed E-state index contributed by atoms with van der Waals surface area (Å²) in [6, 6.07) is 3.56. The zero-order valence-electron chi connectivity index (χ0n) is 10.6. The number of nitro groups is 1. The van der Waals surface area contributed by atoms with Crippen molar-refractivity contribution in [3.8, 4) is 0 Å². The fourth-order valence-corrected chi connectivity index (χ4v) is 2.57. The molecule has 0 radical (unpaired) electrons. The summed E-state index contributed by atoms with van der Waals surface area (Å²) in [5.74, 6) is -0.0238. The monoisotopic (exact) mass is 268 g/mol. The fourth-order valence-electron chi connectivity index (χ4n) is 2.57. The fraction of sp³-hybridized carbons (Fsp3) is 0.538. The van der Waals surface area contributed by atoms with Gasteiger partial charge in [0.15, 0.2) is 0 Å². The Morgan fingerprint density at radius 3 is 3.00 bits per heavy atom. The summed E-state index contributed by atoms with van der Waals surface area (Å²) in [6.07, 6.45) is 1.73. The molecule has 1 aliphatic heterocycles. The molecule has 0 amide bonds. The van der Waals surface area contributed by atoms with Gasteiger partial charge in [0.1, 0.15) is 5.82 Å². The van der Waals surface area contributed by atoms with Crippen molar-refractivity contribution in [1.82, 2.24) is 4.90 Å². The first-order valence-corrected chi connectivity index (χ1v) is 6.36. The van der Waals surface area contributed by atoms with Crippen LogP contribution in [-0.4, -0.2) is 34.6 Å². The number of hydrogen-bond donors (Lipinski definition) is 1. The number of aliphatic hydroxyl groups excluding tert-OH is 1. The van der Waals surface area contributed by atoms with Gasteiger partial charge in [-0.15, -0.1) is 0 Å². The molecule has 1 saturated heterocycles. The molecule has 1 aromatic rings. The molecule has 19 heavy (non-hydrogen) atoms. The van der Waals surface area contributed by atoms with Crippen LogP contribution < -0.4 is 0 Å². The van der Waals surface area contributed by atoms with Crippen molar-refractivity contribution in [3.63, 3.8) is 0 Å². The predicted octanol–water partition coefficient (Wildman–Crippen LogP) is 1.94. The third kappa shape index (κ3) is 3.48. The van der Waals surface area contributed by atoms with Crippen LogP contribution in [0.5, 0.6) is 0 Å². The number of nitro benzene ring substituents is 1. The second kappa shape index (κ2) is 6.08. The van der Waals surface area contributed by atoms with Crippen molar-refractivity contribution >= 4 is 5.69 Å². The van der Waals surface area contributed by atoms with Gasteiger partial charge in [-0.3, -0.25) is 15.0 Å². The maximum Gasteiger partial charge on any atom is 0.274 e. The molecular weight excluding hydrogens is 251 g/mol. The zero-order chi connectivity index (χ0) is 13.8. The van der Waals surface area contributed by atoms with Crippen LogP contribution in [-0.2, 0) is 6.54 Å². The van der Waals surface area contributed by atoms with Gasteiger partial charge in [-0.1, -0.05) is 0 Å². The minimum absolute atomic E-state index is 0.0352. The average Bonchev–Trinajstić information content (AvgIpc) is 2.77. The third-order valence-corrected chi connectivity index (χ3v) is 3.54. The zero-order valence-corrected chi connectivity index (χ0v) is 10.6. The normalized spacial score (nSPS) is 19.8. The van der Waals surface area contributed by atoms with E-state index in [1.54, 1.807) is 0 Å². The quantitative estimate of drug-likeness (QED) is 0.654. The lowest BCUT2D eigenvalue weighted by atomic mass is 10.1. The second-order valence-corrected chi connectivity index (χ2v) is 4.93. The minimum atomic E-state index is -0.476. The Bertz CT molecular complexity index is 467. The van der Waals surface area contributed by atoms with Crippen LogP contribution >= 0.6 is 0 Å². The van der Waals surface area contributed by atoms with E-state index in [0.717, 1.165) is 32.0 Å². The lowest BCUT2D eigenvalue weighted by Crippen LogP contribution is -2.21. The van der Waals surface area contributed by atoms with Crippen molar-refractivity contribution in [2.75, 3.05) is 19.7 Å². The van der Waals surface area contributed by atoms with Crippen LogP contribution in [0.15, 0.2) is 18.2 Å². The Hall–Kier alpha value is -1.53. The van der Waals surface area contributed by atoms with Gasteiger partial charge in [0.2, 0.25) is 0 Å². The van der Waals surface area contributed by atoms with Gasteiger partial charge in [-0.25, -0.2) is 4.39 Å². The highest BCUT2D eigenvalue weighted by molar-refractivity contribution is 5.40. The molecule has 0 aromatic heterocycles. The molecule has 6 heteroatoms. The van der Waals surface area contributed by atoms with Crippen molar-refractivity contribution < 1.29 is 14.4 Å². The highest BCUT2D eigenvalue weighted by Crippen LogP contribution is 2.25. The van der Waals surface area contributed by atoms with E-state index in [0.29, 0.717) is 18.0 Å². The second-order valence-electron chi connectivity index (χ2n) is 4.93. The van der Waals surface area contributed by atoms with Crippen molar-refractivity contribution in [1.29, 1.82) is 0 Å². The van der Waals surface area contributed by atoms with Gasteiger partial charge in [0.25, 0.3) is 5.69 Å². The first-order valence-electron chi connectivity index (χ1n) is 6.36. The molecule has 104 valence electrons. The van der Waals surface area contributed by atoms with Crippen LogP contribution in [0.1, 0.15) is 18.4 Å². The minimum Gasteiger partial charge on any atom is -0.396 e. The lowest BCUT2D eigenvalue weighted by molar-refractivity contribution is -0.385. The predicted molar refractivity (Wildman–Crippen MR) is 68.1 cm³/mol. The summed E-state index contributed by atoms with van der Waals surface area (Å²) >= 11 is 0. The largest absolute Gasteiger partial charge is 0.396 e. The summed E-state index contributed by atoms with van der Waals surface area (Å²) < 4.78 is 13.2. The SMILES string of the molecule is O=[N+]([O-])c1ccc(F)cc1CN1CCC(CCO)C1. The number of rotatable bonds is 5. The van der Waals surface area contributed by atoms with E-state index in [1.165, 1.54) is 12.1 Å². The van der Waals surface area contributed by atoms with E-state index in [-0.39, 0.29) is 12.3 Å². The highest BCUT2D eigenvalue weighted by Gasteiger charge is 2.24. The Balaban J connectivity index is 2.07. The molecule has 1 atom stereocenters. The highest BCUT2D eigenvalue weighted by atomic mass is 19.1. The summed E-state index contributed by atoms with van der Waals surface area (Å²) in [5.41, 5.74) is 0.377. The number of hydrogen-bond acceptors (Lipinski definition) is 4. The number of aliphatic hydroxyl groups is 1. The molecule has 1 N–H and O–H groups in total. The van der Waals surface area contributed by atoms with Crippen LogP contribution in [0.3, 0.4) is 0 Å². The van der Waals surface area contributed by atoms with E-state index < -0.39 is 10.7 Å². The number of nitrogens with zero attached hydrogens (tertiary/aromatic N) is 2. The maximum absolute atomic E-state index is 13.2. The molecule has 0 aliphatic carbocycles. The van der Waals surface area contributed by atoms with Crippen LogP contribution in [0.25, 0.3) is 0 Å². The molecule has 0 spiro atoms. The van der Waals surface area contributed by atoms with E-state index >= 15 is 0 Å². The Labute approximate surface area is 110 Å². The first kappa shape index (κ1) is 13.9. The first-order chi connectivity index (χ1) is 9.10. The molecule has 2 rings (SSSR count). The van der Waals surface area contributed by atoms with E-state index in [9.17, 15) is 14.5 Å². The van der Waals surface area contributed by atoms with Gasteiger partial charge in [0.05, 0.1) is 4.92 Å². The third-order valence-electron chi connectivity index (χ3n) is 3.54. The lowest BCUT2D eigenvalue weighted by Gasteiger charge is -2.15. The number of likely N-dealkylation sites (tertiary alicyclic amines) is 1. The number of benzene rings is 1. The Kier molecular flexibility index (Phi) is 4.44. The summed E-state index contributed by atoms with van der Waals surface area (Å²) in [6.45, 7) is 2.18. The Morgan fingerprint density at radius 1 is 1.53 bits per heavy atom. The van der Waals surface area contributed by atoms with Crippen LogP contribution in [0.2, 0.25) is 0 Å². The van der Waals surface area contributed by atoms with E-state index in [1.807, 2.05) is 0 Å². The molecule has 0 saturated carbocycles. The maximum atomic E-state index is 13.2. The molecule has 0 bridgehead atoms. The van der Waals surface area contributed by atoms with Crippen molar-refractivity contribution in [2.24, 2.45) is 5.92 Å². The molecule has 1 aliphatic rings. The van der Waals surface area contributed by atoms with E-state index in [4.69, 9.17) is 5.11 Å².